The summed E-state index contributed by atoms with van der Waals surface area (Å²) in [7, 11) is 0. The van der Waals surface area contributed by atoms with Crippen molar-refractivity contribution in [1.29, 1.82) is 0 Å². The SMILES string of the molecule is CCc1ccc(NC(=O)N2[C@H](C)CCC[C@@H]2C)cc1. The van der Waals surface area contributed by atoms with Crippen LogP contribution in [-0.4, -0.2) is 23.0 Å². The van der Waals surface area contributed by atoms with E-state index in [-0.39, 0.29) is 6.03 Å². The first-order valence-corrected chi connectivity index (χ1v) is 7.30. The minimum Gasteiger partial charge on any atom is -0.319 e. The number of likely N-dealkylation sites (tertiary alicyclic amines) is 1. The molecule has 1 heterocycles. The lowest BCUT2D eigenvalue weighted by molar-refractivity contribution is 0.133. The van der Waals surface area contributed by atoms with Gasteiger partial charge in [-0.05, 0) is 57.2 Å². The van der Waals surface area contributed by atoms with E-state index in [9.17, 15) is 4.79 Å². The van der Waals surface area contributed by atoms with Crippen molar-refractivity contribution in [3.8, 4) is 0 Å². The summed E-state index contributed by atoms with van der Waals surface area (Å²) in [6, 6.07) is 8.80. The minimum atomic E-state index is 0.0314. The highest BCUT2D eigenvalue weighted by Gasteiger charge is 2.28. The molecule has 19 heavy (non-hydrogen) atoms. The maximum Gasteiger partial charge on any atom is 0.322 e. The van der Waals surface area contributed by atoms with Crippen molar-refractivity contribution < 1.29 is 4.79 Å². The third-order valence-corrected chi connectivity index (χ3v) is 4.04. The third-order valence-electron chi connectivity index (χ3n) is 4.04. The van der Waals surface area contributed by atoms with Crippen molar-refractivity contribution in [3.63, 3.8) is 0 Å². The van der Waals surface area contributed by atoms with E-state index in [1.807, 2.05) is 17.0 Å². The Balaban J connectivity index is 2.02. The number of urea groups is 1. The summed E-state index contributed by atoms with van der Waals surface area (Å²) in [5, 5.41) is 3.01. The molecule has 1 aromatic rings. The average molecular weight is 260 g/mol. The monoisotopic (exact) mass is 260 g/mol. The molecule has 1 aliphatic heterocycles. The summed E-state index contributed by atoms with van der Waals surface area (Å²) in [5.41, 5.74) is 2.17. The first-order valence-electron chi connectivity index (χ1n) is 7.30. The van der Waals surface area contributed by atoms with Gasteiger partial charge < -0.3 is 10.2 Å². The zero-order chi connectivity index (χ0) is 13.8. The fraction of sp³-hybridized carbons (Fsp3) is 0.562. The second-order valence-electron chi connectivity index (χ2n) is 5.52. The number of rotatable bonds is 2. The number of amides is 2. The van der Waals surface area contributed by atoms with Crippen LogP contribution in [0, 0.1) is 0 Å². The molecule has 0 aliphatic carbocycles. The quantitative estimate of drug-likeness (QED) is 0.855. The average Bonchev–Trinajstić information content (AvgIpc) is 2.39. The van der Waals surface area contributed by atoms with Crippen LogP contribution in [0.2, 0.25) is 0 Å². The predicted molar refractivity (Wildman–Crippen MR) is 79.5 cm³/mol. The normalized spacial score (nSPS) is 23.2. The zero-order valence-corrected chi connectivity index (χ0v) is 12.1. The first kappa shape index (κ1) is 13.9. The molecular weight excluding hydrogens is 236 g/mol. The molecule has 2 rings (SSSR count). The number of piperidine rings is 1. The molecule has 0 saturated carbocycles. The maximum atomic E-state index is 12.4. The smallest absolute Gasteiger partial charge is 0.319 e. The summed E-state index contributed by atoms with van der Waals surface area (Å²) >= 11 is 0. The largest absolute Gasteiger partial charge is 0.322 e. The van der Waals surface area contributed by atoms with Gasteiger partial charge in [0.2, 0.25) is 0 Å². The summed E-state index contributed by atoms with van der Waals surface area (Å²) in [6.45, 7) is 6.40. The third kappa shape index (κ3) is 3.28. The lowest BCUT2D eigenvalue weighted by Gasteiger charge is -2.38. The molecule has 1 aromatic carbocycles. The van der Waals surface area contributed by atoms with Gasteiger partial charge in [0.05, 0.1) is 0 Å². The van der Waals surface area contributed by atoms with Crippen molar-refractivity contribution in [2.45, 2.75) is 58.5 Å². The van der Waals surface area contributed by atoms with E-state index >= 15 is 0 Å². The number of carbonyl (C=O) groups excluding carboxylic acids is 1. The molecule has 1 N–H and O–H groups in total. The molecule has 0 bridgehead atoms. The highest BCUT2D eigenvalue weighted by atomic mass is 16.2. The predicted octanol–water partition coefficient (Wildman–Crippen LogP) is 4.04. The van der Waals surface area contributed by atoms with Gasteiger partial charge in [-0.15, -0.1) is 0 Å². The van der Waals surface area contributed by atoms with E-state index in [4.69, 9.17) is 0 Å². The maximum absolute atomic E-state index is 12.4. The van der Waals surface area contributed by atoms with Crippen LogP contribution < -0.4 is 5.32 Å². The second-order valence-corrected chi connectivity index (χ2v) is 5.52. The van der Waals surface area contributed by atoms with Gasteiger partial charge in [-0.2, -0.15) is 0 Å². The Labute approximate surface area is 116 Å². The Hall–Kier alpha value is -1.51. The fourth-order valence-corrected chi connectivity index (χ4v) is 2.83. The highest BCUT2D eigenvalue weighted by Crippen LogP contribution is 2.23. The van der Waals surface area contributed by atoms with Gasteiger partial charge in [-0.3, -0.25) is 0 Å². The lowest BCUT2D eigenvalue weighted by Crippen LogP contribution is -2.49. The molecule has 0 spiro atoms. The van der Waals surface area contributed by atoms with Crippen LogP contribution in [0.3, 0.4) is 0 Å². The van der Waals surface area contributed by atoms with Crippen molar-refractivity contribution >= 4 is 11.7 Å². The van der Waals surface area contributed by atoms with Crippen LogP contribution in [0.4, 0.5) is 10.5 Å². The standard InChI is InChI=1S/C16H24N2O/c1-4-14-8-10-15(11-9-14)17-16(19)18-12(2)6-5-7-13(18)3/h8-13H,4-7H2,1-3H3,(H,17,19)/t12-,13+. The van der Waals surface area contributed by atoms with Crippen molar-refractivity contribution in [3.05, 3.63) is 29.8 Å². The highest BCUT2D eigenvalue weighted by molar-refractivity contribution is 5.89. The Bertz CT molecular complexity index is 417. The molecule has 1 fully saturated rings. The summed E-state index contributed by atoms with van der Waals surface area (Å²) in [6.07, 6.45) is 4.45. The van der Waals surface area contributed by atoms with Gasteiger partial charge in [0.15, 0.2) is 0 Å². The number of benzene rings is 1. The van der Waals surface area contributed by atoms with Crippen molar-refractivity contribution in [1.82, 2.24) is 4.90 Å². The van der Waals surface area contributed by atoms with Crippen molar-refractivity contribution in [2.24, 2.45) is 0 Å². The van der Waals surface area contributed by atoms with Gasteiger partial charge in [0.25, 0.3) is 0 Å². The van der Waals surface area contributed by atoms with E-state index in [2.05, 4.69) is 38.2 Å². The van der Waals surface area contributed by atoms with Gasteiger partial charge in [-0.25, -0.2) is 4.79 Å². The molecule has 3 heteroatoms. The Kier molecular flexibility index (Phi) is 4.46. The molecule has 1 saturated heterocycles. The summed E-state index contributed by atoms with van der Waals surface area (Å²) < 4.78 is 0. The summed E-state index contributed by atoms with van der Waals surface area (Å²) in [5.74, 6) is 0. The molecule has 104 valence electrons. The van der Waals surface area contributed by atoms with Crippen molar-refractivity contribution in [2.75, 3.05) is 5.32 Å². The van der Waals surface area contributed by atoms with Gasteiger partial charge >= 0.3 is 6.03 Å². The fourth-order valence-electron chi connectivity index (χ4n) is 2.83. The Morgan fingerprint density at radius 1 is 1.21 bits per heavy atom. The number of nitrogens with one attached hydrogen (secondary N) is 1. The van der Waals surface area contributed by atoms with E-state index < -0.39 is 0 Å². The van der Waals surface area contributed by atoms with Crippen LogP contribution in [0.15, 0.2) is 24.3 Å². The molecule has 2 amide bonds. The molecule has 1 aliphatic rings. The number of anilines is 1. The zero-order valence-electron chi connectivity index (χ0n) is 12.1. The second kappa shape index (κ2) is 6.09. The van der Waals surface area contributed by atoms with E-state index in [0.29, 0.717) is 12.1 Å². The van der Waals surface area contributed by atoms with Crippen LogP contribution >= 0.6 is 0 Å². The van der Waals surface area contributed by atoms with E-state index in [1.165, 1.54) is 12.0 Å². The van der Waals surface area contributed by atoms with Crippen LogP contribution in [0.5, 0.6) is 0 Å². The van der Waals surface area contributed by atoms with Crippen LogP contribution in [0.25, 0.3) is 0 Å². The Morgan fingerprint density at radius 2 is 1.79 bits per heavy atom. The molecule has 0 radical (unpaired) electrons. The number of hydrogen-bond donors (Lipinski definition) is 1. The van der Waals surface area contributed by atoms with Gasteiger partial charge in [0.1, 0.15) is 0 Å². The van der Waals surface area contributed by atoms with E-state index in [0.717, 1.165) is 24.9 Å². The first-order chi connectivity index (χ1) is 9.11. The molecule has 3 nitrogen and oxygen atoms in total. The lowest BCUT2D eigenvalue weighted by atomic mass is 9.98. The minimum absolute atomic E-state index is 0.0314. The number of carbonyl (C=O) groups is 1. The topological polar surface area (TPSA) is 32.3 Å². The van der Waals surface area contributed by atoms with Gasteiger partial charge in [-0.1, -0.05) is 19.1 Å². The number of hydrogen-bond acceptors (Lipinski definition) is 1. The molecular formula is C16H24N2O. The van der Waals surface area contributed by atoms with Crippen LogP contribution in [-0.2, 0) is 6.42 Å². The number of nitrogens with zero attached hydrogens (tertiary/aromatic N) is 1. The van der Waals surface area contributed by atoms with Gasteiger partial charge in [0, 0.05) is 17.8 Å². The van der Waals surface area contributed by atoms with E-state index in [1.54, 1.807) is 0 Å². The molecule has 0 unspecified atom stereocenters. The Morgan fingerprint density at radius 3 is 2.32 bits per heavy atom. The van der Waals surface area contributed by atoms with Crippen LogP contribution in [0.1, 0.15) is 45.6 Å². The molecule has 2 atom stereocenters. The number of aryl methyl sites for hydroxylation is 1. The summed E-state index contributed by atoms with van der Waals surface area (Å²) in [4.78, 5) is 14.3. The molecule has 0 aromatic heterocycles.